The molecule has 108 valence electrons. The van der Waals surface area contributed by atoms with Crippen molar-refractivity contribution in [1.82, 2.24) is 4.98 Å². The molecule has 0 unspecified atom stereocenters. The number of aliphatic carboxylic acids is 1. The van der Waals surface area contributed by atoms with E-state index in [1.807, 2.05) is 31.2 Å². The number of ketones is 1. The van der Waals surface area contributed by atoms with Gasteiger partial charge in [-0.1, -0.05) is 29.8 Å². The average molecular weight is 285 g/mol. The summed E-state index contributed by atoms with van der Waals surface area (Å²) in [7, 11) is 0. The molecular formula is C16H15NO4. The van der Waals surface area contributed by atoms with E-state index in [2.05, 4.69) is 4.98 Å². The molecule has 0 amide bonds. The van der Waals surface area contributed by atoms with Crippen LogP contribution in [0.2, 0.25) is 0 Å². The van der Waals surface area contributed by atoms with Crippen LogP contribution < -0.4 is 0 Å². The number of hydrogen-bond acceptors (Lipinski definition) is 3. The Morgan fingerprint density at radius 3 is 2.43 bits per heavy atom. The number of aliphatic hydroxyl groups excluding tert-OH is 1. The third-order valence-electron chi connectivity index (χ3n) is 3.08. The Kier molecular flexibility index (Phi) is 4.23. The van der Waals surface area contributed by atoms with Crippen molar-refractivity contribution in [3.8, 4) is 0 Å². The van der Waals surface area contributed by atoms with Crippen LogP contribution in [0.25, 0.3) is 0 Å². The molecule has 0 aliphatic heterocycles. The van der Waals surface area contributed by atoms with Gasteiger partial charge >= 0.3 is 5.97 Å². The molecule has 0 saturated carbocycles. The molecule has 0 fully saturated rings. The molecule has 0 atom stereocenters. The molecule has 5 nitrogen and oxygen atoms in total. The van der Waals surface area contributed by atoms with Gasteiger partial charge in [0.1, 0.15) is 0 Å². The quantitative estimate of drug-likeness (QED) is 0.447. The van der Waals surface area contributed by atoms with Crippen molar-refractivity contribution in [3.63, 3.8) is 0 Å². The monoisotopic (exact) mass is 285 g/mol. The van der Waals surface area contributed by atoms with Crippen LogP contribution in [0.1, 0.15) is 27.2 Å². The number of H-pyrrole nitrogens is 1. The highest BCUT2D eigenvalue weighted by molar-refractivity contribution is 6.07. The fourth-order valence-corrected chi connectivity index (χ4v) is 1.96. The molecule has 0 bridgehead atoms. The summed E-state index contributed by atoms with van der Waals surface area (Å²) in [5.41, 5.74) is 3.22. The van der Waals surface area contributed by atoms with Gasteiger partial charge in [-0.3, -0.25) is 4.79 Å². The number of rotatable bonds is 5. The SMILES string of the molecule is Cc1ccc(Cc2cc[nH]c2C(=O)/C=C(\O)C(=O)O)cc1. The molecule has 0 radical (unpaired) electrons. The summed E-state index contributed by atoms with van der Waals surface area (Å²) in [4.78, 5) is 25.3. The summed E-state index contributed by atoms with van der Waals surface area (Å²) < 4.78 is 0. The summed E-state index contributed by atoms with van der Waals surface area (Å²) in [6.45, 7) is 1.99. The number of benzene rings is 1. The van der Waals surface area contributed by atoms with E-state index >= 15 is 0 Å². The van der Waals surface area contributed by atoms with Gasteiger partial charge in [0.05, 0.1) is 5.69 Å². The molecule has 0 aliphatic rings. The summed E-state index contributed by atoms with van der Waals surface area (Å²) in [6, 6.07) is 9.68. The van der Waals surface area contributed by atoms with Crippen molar-refractivity contribution in [2.24, 2.45) is 0 Å². The number of carboxylic acid groups (broad SMARTS) is 1. The molecule has 1 aromatic heterocycles. The fraction of sp³-hybridized carbons (Fsp3) is 0.125. The van der Waals surface area contributed by atoms with Gasteiger partial charge in [-0.05, 0) is 30.5 Å². The largest absolute Gasteiger partial charge is 0.502 e. The van der Waals surface area contributed by atoms with Gasteiger partial charge in [0.2, 0.25) is 11.5 Å². The lowest BCUT2D eigenvalue weighted by atomic mass is 10.0. The number of aryl methyl sites for hydroxylation is 1. The molecule has 1 heterocycles. The standard InChI is InChI=1S/C16H15NO4/c1-10-2-4-11(5-3-10)8-12-6-7-17-15(12)13(18)9-14(19)16(20)21/h2-7,9,17,19H,8H2,1H3,(H,20,21)/b14-9-. The Morgan fingerprint density at radius 1 is 1.14 bits per heavy atom. The van der Waals surface area contributed by atoms with E-state index in [-0.39, 0.29) is 5.69 Å². The van der Waals surface area contributed by atoms with Crippen molar-refractivity contribution < 1.29 is 19.8 Å². The maximum absolute atomic E-state index is 12.0. The first-order valence-electron chi connectivity index (χ1n) is 6.37. The van der Waals surface area contributed by atoms with E-state index in [0.717, 1.165) is 16.7 Å². The minimum absolute atomic E-state index is 0.281. The number of aromatic amines is 1. The molecule has 1 aromatic carbocycles. The second-order valence-corrected chi connectivity index (χ2v) is 4.74. The van der Waals surface area contributed by atoms with Gasteiger partial charge in [-0.15, -0.1) is 0 Å². The molecule has 0 aliphatic carbocycles. The fourth-order valence-electron chi connectivity index (χ4n) is 1.96. The predicted molar refractivity (Wildman–Crippen MR) is 77.5 cm³/mol. The van der Waals surface area contributed by atoms with E-state index in [0.29, 0.717) is 12.5 Å². The van der Waals surface area contributed by atoms with Crippen LogP contribution in [0.4, 0.5) is 0 Å². The maximum Gasteiger partial charge on any atom is 0.371 e. The van der Waals surface area contributed by atoms with Crippen LogP contribution in [0.5, 0.6) is 0 Å². The number of carboxylic acids is 1. The van der Waals surface area contributed by atoms with E-state index in [1.54, 1.807) is 12.3 Å². The zero-order valence-corrected chi connectivity index (χ0v) is 11.5. The van der Waals surface area contributed by atoms with Gasteiger partial charge in [0.15, 0.2) is 0 Å². The summed E-state index contributed by atoms with van der Waals surface area (Å²) >= 11 is 0. The Bertz CT molecular complexity index is 695. The highest BCUT2D eigenvalue weighted by atomic mass is 16.4. The molecular weight excluding hydrogens is 270 g/mol. The molecule has 0 spiro atoms. The highest BCUT2D eigenvalue weighted by Gasteiger charge is 2.14. The molecule has 0 saturated heterocycles. The smallest absolute Gasteiger partial charge is 0.371 e. The first kappa shape index (κ1) is 14.6. The van der Waals surface area contributed by atoms with Gasteiger partial charge in [0.25, 0.3) is 0 Å². The van der Waals surface area contributed by atoms with E-state index in [1.165, 1.54) is 0 Å². The zero-order chi connectivity index (χ0) is 15.4. The first-order valence-corrected chi connectivity index (χ1v) is 6.37. The maximum atomic E-state index is 12.0. The Morgan fingerprint density at radius 2 is 1.81 bits per heavy atom. The van der Waals surface area contributed by atoms with E-state index < -0.39 is 17.5 Å². The molecule has 3 N–H and O–H groups in total. The number of hydrogen-bond donors (Lipinski definition) is 3. The lowest BCUT2D eigenvalue weighted by Gasteiger charge is -2.03. The normalized spacial score (nSPS) is 11.4. The summed E-state index contributed by atoms with van der Waals surface area (Å²) in [5, 5.41) is 17.7. The van der Waals surface area contributed by atoms with E-state index in [4.69, 9.17) is 10.2 Å². The number of aliphatic hydroxyl groups is 1. The van der Waals surface area contributed by atoms with Crippen LogP contribution in [0.15, 0.2) is 48.4 Å². The Hall–Kier alpha value is -2.82. The van der Waals surface area contributed by atoms with Gasteiger partial charge < -0.3 is 15.2 Å². The van der Waals surface area contributed by atoms with E-state index in [9.17, 15) is 9.59 Å². The minimum Gasteiger partial charge on any atom is -0.502 e. The minimum atomic E-state index is -1.53. The second-order valence-electron chi connectivity index (χ2n) is 4.74. The molecule has 5 heteroatoms. The number of allylic oxidation sites excluding steroid dienone is 1. The zero-order valence-electron chi connectivity index (χ0n) is 11.5. The highest BCUT2D eigenvalue weighted by Crippen LogP contribution is 2.15. The predicted octanol–water partition coefficient (Wildman–Crippen LogP) is 2.62. The van der Waals surface area contributed by atoms with Gasteiger partial charge in [-0.2, -0.15) is 0 Å². The third kappa shape index (κ3) is 3.60. The number of carbonyl (C=O) groups excluding carboxylic acids is 1. The molecule has 21 heavy (non-hydrogen) atoms. The van der Waals surface area contributed by atoms with Crippen molar-refractivity contribution in [2.75, 3.05) is 0 Å². The molecule has 2 aromatic rings. The lowest BCUT2D eigenvalue weighted by Crippen LogP contribution is -2.06. The third-order valence-corrected chi connectivity index (χ3v) is 3.08. The van der Waals surface area contributed by atoms with Crippen molar-refractivity contribution >= 4 is 11.8 Å². The Balaban J connectivity index is 2.22. The van der Waals surface area contributed by atoms with Crippen LogP contribution in [0, 0.1) is 6.92 Å². The Labute approximate surface area is 121 Å². The van der Waals surface area contributed by atoms with Crippen LogP contribution in [0.3, 0.4) is 0 Å². The number of nitrogens with one attached hydrogen (secondary N) is 1. The number of carbonyl (C=O) groups is 2. The van der Waals surface area contributed by atoms with Gasteiger partial charge in [-0.25, -0.2) is 4.79 Å². The molecule has 2 rings (SSSR count). The average Bonchev–Trinajstić information content (AvgIpc) is 2.89. The van der Waals surface area contributed by atoms with Crippen molar-refractivity contribution in [1.29, 1.82) is 0 Å². The number of aromatic nitrogens is 1. The van der Waals surface area contributed by atoms with Crippen LogP contribution in [-0.2, 0) is 11.2 Å². The second kappa shape index (κ2) is 6.09. The van der Waals surface area contributed by atoms with Gasteiger partial charge in [0, 0.05) is 12.3 Å². The van der Waals surface area contributed by atoms with Crippen molar-refractivity contribution in [3.05, 3.63) is 70.7 Å². The topological polar surface area (TPSA) is 90.4 Å². The van der Waals surface area contributed by atoms with Crippen molar-refractivity contribution in [2.45, 2.75) is 13.3 Å². The summed E-state index contributed by atoms with van der Waals surface area (Å²) in [5.74, 6) is -3.08. The lowest BCUT2D eigenvalue weighted by molar-refractivity contribution is -0.135. The first-order chi connectivity index (χ1) is 9.97. The van der Waals surface area contributed by atoms with Crippen LogP contribution >= 0.6 is 0 Å². The summed E-state index contributed by atoms with van der Waals surface area (Å²) in [6.07, 6.45) is 2.86. The van der Waals surface area contributed by atoms with Crippen LogP contribution in [-0.4, -0.2) is 26.9 Å².